The maximum atomic E-state index is 13.9. The number of sulfonamides is 1. The van der Waals surface area contributed by atoms with Crippen LogP contribution in [0, 0.1) is 23.5 Å². The van der Waals surface area contributed by atoms with Gasteiger partial charge >= 0.3 is 0 Å². The number of hydrogen-bond donors (Lipinski definition) is 1. The van der Waals surface area contributed by atoms with E-state index in [0.717, 1.165) is 78.5 Å². The van der Waals surface area contributed by atoms with Crippen LogP contribution in [0.1, 0.15) is 25.7 Å². The summed E-state index contributed by atoms with van der Waals surface area (Å²) in [7, 11) is -3.44. The molecule has 1 aromatic carbocycles. The molecular weight excluding hydrogens is 524 g/mol. The van der Waals surface area contributed by atoms with Gasteiger partial charge in [0.1, 0.15) is 11.5 Å². The highest BCUT2D eigenvalue weighted by atomic mass is 32.2. The van der Waals surface area contributed by atoms with Gasteiger partial charge in [0.05, 0.1) is 24.1 Å². The SMILES string of the molecule is O=S(=O)(CC1CCN(c2ccnc3cnc4[nH]ccc4c23)CC1)N1CCCC(COc2ccc(F)cc2F)C1. The van der Waals surface area contributed by atoms with Crippen molar-refractivity contribution in [3.05, 3.63) is 60.6 Å². The molecule has 2 saturated heterocycles. The highest BCUT2D eigenvalue weighted by Crippen LogP contribution is 2.34. The first kappa shape index (κ1) is 25.9. The highest BCUT2D eigenvalue weighted by molar-refractivity contribution is 7.89. The van der Waals surface area contributed by atoms with E-state index >= 15 is 0 Å². The van der Waals surface area contributed by atoms with Crippen LogP contribution in [0.4, 0.5) is 14.5 Å². The van der Waals surface area contributed by atoms with E-state index in [-0.39, 0.29) is 29.9 Å². The summed E-state index contributed by atoms with van der Waals surface area (Å²) in [6.07, 6.45) is 8.57. The first-order chi connectivity index (χ1) is 18.9. The summed E-state index contributed by atoms with van der Waals surface area (Å²) in [6.45, 7) is 2.58. The molecule has 6 rings (SSSR count). The quantitative estimate of drug-likeness (QED) is 0.355. The molecule has 11 heteroatoms. The molecule has 2 aliphatic rings. The van der Waals surface area contributed by atoms with Gasteiger partial charge in [-0.05, 0) is 55.9 Å². The molecule has 0 saturated carbocycles. The van der Waals surface area contributed by atoms with Crippen molar-refractivity contribution in [2.24, 2.45) is 11.8 Å². The lowest BCUT2D eigenvalue weighted by molar-refractivity contribution is 0.175. The molecule has 0 radical (unpaired) electrons. The van der Waals surface area contributed by atoms with E-state index in [1.807, 2.05) is 18.3 Å². The molecule has 0 spiro atoms. The Bertz CT molecular complexity index is 1590. The minimum Gasteiger partial charge on any atom is -0.490 e. The van der Waals surface area contributed by atoms with Gasteiger partial charge in [0, 0.05) is 67.0 Å². The molecular formula is C28H31F2N5O3S. The monoisotopic (exact) mass is 555 g/mol. The third kappa shape index (κ3) is 5.42. The minimum absolute atomic E-state index is 0.0152. The number of anilines is 1. The van der Waals surface area contributed by atoms with E-state index < -0.39 is 21.7 Å². The van der Waals surface area contributed by atoms with E-state index in [9.17, 15) is 17.2 Å². The number of aromatic nitrogens is 3. The number of hydrogen-bond acceptors (Lipinski definition) is 6. The zero-order valence-corrected chi connectivity index (χ0v) is 22.3. The molecule has 2 aliphatic heterocycles. The first-order valence-electron chi connectivity index (χ1n) is 13.4. The Morgan fingerprint density at radius 3 is 2.69 bits per heavy atom. The number of nitrogens with one attached hydrogen (secondary N) is 1. The average Bonchev–Trinajstić information content (AvgIpc) is 3.42. The largest absolute Gasteiger partial charge is 0.490 e. The maximum Gasteiger partial charge on any atom is 0.214 e. The summed E-state index contributed by atoms with van der Waals surface area (Å²) < 4.78 is 60.9. The Morgan fingerprint density at radius 2 is 1.87 bits per heavy atom. The highest BCUT2D eigenvalue weighted by Gasteiger charge is 2.33. The lowest BCUT2D eigenvalue weighted by atomic mass is 9.98. The van der Waals surface area contributed by atoms with Crippen LogP contribution in [0.2, 0.25) is 0 Å². The van der Waals surface area contributed by atoms with E-state index in [1.165, 1.54) is 6.07 Å². The van der Waals surface area contributed by atoms with E-state index in [0.29, 0.717) is 13.1 Å². The van der Waals surface area contributed by atoms with Gasteiger partial charge in [0.2, 0.25) is 10.0 Å². The number of nitrogens with zero attached hydrogens (tertiary/aromatic N) is 4. The summed E-state index contributed by atoms with van der Waals surface area (Å²) in [4.78, 5) is 14.4. The Kier molecular flexibility index (Phi) is 7.11. The third-order valence-corrected chi connectivity index (χ3v) is 9.92. The number of H-pyrrole nitrogens is 1. The van der Waals surface area contributed by atoms with Crippen molar-refractivity contribution in [3.8, 4) is 5.75 Å². The molecule has 0 aliphatic carbocycles. The van der Waals surface area contributed by atoms with Gasteiger partial charge in [-0.1, -0.05) is 0 Å². The zero-order valence-electron chi connectivity index (χ0n) is 21.5. The summed E-state index contributed by atoms with van der Waals surface area (Å²) in [6, 6.07) is 7.24. The van der Waals surface area contributed by atoms with Crippen LogP contribution in [0.15, 0.2) is 48.9 Å². The third-order valence-electron chi connectivity index (χ3n) is 7.91. The van der Waals surface area contributed by atoms with Crippen molar-refractivity contribution >= 4 is 37.6 Å². The lowest BCUT2D eigenvalue weighted by Gasteiger charge is -2.36. The fraction of sp³-hybridized carbons (Fsp3) is 0.429. The number of rotatable bonds is 7. The number of aromatic amines is 1. The standard InChI is InChI=1S/C28H31F2N5O3S/c29-21-3-4-26(23(30)14-21)38-17-20-2-1-11-35(16-20)39(36,37)18-19-7-12-34(13-8-19)25-6-10-31-24-15-33-28-22(27(24)25)5-9-32-28/h3-6,9-10,14-15,19-20H,1-2,7-8,11-13,16-18H2,(H,32,33). The average molecular weight is 556 g/mol. The van der Waals surface area contributed by atoms with E-state index in [2.05, 4.69) is 19.9 Å². The van der Waals surface area contributed by atoms with Gasteiger partial charge in [-0.25, -0.2) is 26.5 Å². The molecule has 0 amide bonds. The van der Waals surface area contributed by atoms with Crippen LogP contribution in [-0.2, 0) is 10.0 Å². The second kappa shape index (κ2) is 10.7. The van der Waals surface area contributed by atoms with Crippen LogP contribution >= 0.6 is 0 Å². The van der Waals surface area contributed by atoms with Crippen LogP contribution in [0.5, 0.6) is 5.75 Å². The molecule has 1 atom stereocenters. The van der Waals surface area contributed by atoms with Crippen LogP contribution < -0.4 is 9.64 Å². The van der Waals surface area contributed by atoms with Crippen molar-refractivity contribution in [1.29, 1.82) is 0 Å². The molecule has 5 heterocycles. The van der Waals surface area contributed by atoms with Crippen LogP contribution in [-0.4, -0.2) is 66.2 Å². The molecule has 39 heavy (non-hydrogen) atoms. The predicted molar refractivity (Wildman–Crippen MR) is 146 cm³/mol. The number of ether oxygens (including phenoxy) is 1. The number of fused-ring (bicyclic) bond motifs is 3. The smallest absolute Gasteiger partial charge is 0.214 e. The molecule has 1 N–H and O–H groups in total. The van der Waals surface area contributed by atoms with Crippen molar-refractivity contribution < 1.29 is 21.9 Å². The summed E-state index contributed by atoms with van der Waals surface area (Å²) >= 11 is 0. The molecule has 0 bridgehead atoms. The molecule has 2 fully saturated rings. The van der Waals surface area contributed by atoms with Crippen LogP contribution in [0.25, 0.3) is 21.9 Å². The normalized spacial score (nSPS) is 19.6. The lowest BCUT2D eigenvalue weighted by Crippen LogP contribution is -2.45. The number of benzene rings is 1. The molecule has 4 aromatic rings. The van der Waals surface area contributed by atoms with Crippen molar-refractivity contribution in [2.45, 2.75) is 25.7 Å². The van der Waals surface area contributed by atoms with Gasteiger partial charge in [-0.3, -0.25) is 4.98 Å². The molecule has 8 nitrogen and oxygen atoms in total. The Morgan fingerprint density at radius 1 is 1.03 bits per heavy atom. The summed E-state index contributed by atoms with van der Waals surface area (Å²) in [5.41, 5.74) is 2.77. The predicted octanol–water partition coefficient (Wildman–Crippen LogP) is 4.73. The number of pyridine rings is 2. The maximum absolute atomic E-state index is 13.9. The topological polar surface area (TPSA) is 91.4 Å². The van der Waals surface area contributed by atoms with Gasteiger partial charge in [-0.2, -0.15) is 0 Å². The summed E-state index contributed by atoms with van der Waals surface area (Å²) in [5, 5.41) is 2.10. The van der Waals surface area contributed by atoms with Crippen LogP contribution in [0.3, 0.4) is 0 Å². The van der Waals surface area contributed by atoms with Gasteiger partial charge in [0.15, 0.2) is 11.6 Å². The zero-order chi connectivity index (χ0) is 27.0. The molecule has 3 aromatic heterocycles. The second-order valence-electron chi connectivity index (χ2n) is 10.5. The van der Waals surface area contributed by atoms with E-state index in [4.69, 9.17) is 4.74 Å². The summed E-state index contributed by atoms with van der Waals surface area (Å²) in [5.74, 6) is -1.26. The number of halogens is 2. The fourth-order valence-corrected chi connectivity index (χ4v) is 7.84. The van der Waals surface area contributed by atoms with Gasteiger partial charge < -0.3 is 14.6 Å². The Hall–Kier alpha value is -3.31. The molecule has 206 valence electrons. The molecule has 1 unspecified atom stereocenters. The Balaban J connectivity index is 1.07. The van der Waals surface area contributed by atoms with Crippen molar-refractivity contribution in [3.63, 3.8) is 0 Å². The van der Waals surface area contributed by atoms with Gasteiger partial charge in [0.25, 0.3) is 0 Å². The number of piperidine rings is 2. The first-order valence-corrected chi connectivity index (χ1v) is 15.0. The van der Waals surface area contributed by atoms with Crippen molar-refractivity contribution in [1.82, 2.24) is 19.3 Å². The van der Waals surface area contributed by atoms with Gasteiger partial charge in [-0.15, -0.1) is 0 Å². The minimum atomic E-state index is -3.44. The van der Waals surface area contributed by atoms with Crippen molar-refractivity contribution in [2.75, 3.05) is 43.4 Å². The fourth-order valence-electron chi connectivity index (χ4n) is 5.86. The van der Waals surface area contributed by atoms with E-state index in [1.54, 1.807) is 16.7 Å². The second-order valence-corrected chi connectivity index (χ2v) is 12.6. The Labute approximate surface area is 226 Å².